The van der Waals surface area contributed by atoms with E-state index in [1.54, 1.807) is 19.3 Å². The molecule has 0 fully saturated rings. The van der Waals surface area contributed by atoms with Crippen molar-refractivity contribution in [3.05, 3.63) is 26.7 Å². The van der Waals surface area contributed by atoms with Crippen molar-refractivity contribution in [3.63, 3.8) is 0 Å². The van der Waals surface area contributed by atoms with E-state index in [1.165, 1.54) is 0 Å². The molecule has 3 nitrogen and oxygen atoms in total. The summed E-state index contributed by atoms with van der Waals surface area (Å²) in [6, 6.07) is 0. The number of aromatic amines is 1. The number of hydrogen-bond donors (Lipinski definition) is 1. The molecule has 1 heterocycles. The summed E-state index contributed by atoms with van der Waals surface area (Å²) in [5.74, 6) is 0. The van der Waals surface area contributed by atoms with Crippen molar-refractivity contribution in [1.29, 1.82) is 0 Å². The number of nitrogens with zero attached hydrogens (tertiary/aromatic N) is 2. The Balaban J connectivity index is -0.0000000189. The minimum Gasteiger partial charge on any atom is -0.358 e. The molecule has 2 radical (unpaired) electrons. The van der Waals surface area contributed by atoms with Crippen molar-refractivity contribution in [2.75, 3.05) is 0 Å². The van der Waals surface area contributed by atoms with Crippen LogP contribution in [0.5, 0.6) is 0 Å². The molecule has 0 saturated carbocycles. The van der Waals surface area contributed by atoms with Crippen molar-refractivity contribution in [1.82, 2.24) is 15.4 Å². The first-order valence-electron chi connectivity index (χ1n) is 2.00. The van der Waals surface area contributed by atoms with E-state index in [4.69, 9.17) is 0 Å². The van der Waals surface area contributed by atoms with Gasteiger partial charge in [0.25, 0.3) is 0 Å². The molecular weight excluding hydrogens is 426 g/mol. The zero-order valence-corrected chi connectivity index (χ0v) is 13.9. The van der Waals surface area contributed by atoms with Gasteiger partial charge < -0.3 is 14.4 Å². The van der Waals surface area contributed by atoms with E-state index < -0.39 is 0 Å². The van der Waals surface area contributed by atoms with E-state index in [0.717, 1.165) is 0 Å². The molecule has 0 saturated heterocycles. The third-order valence-electron chi connectivity index (χ3n) is 0.331. The summed E-state index contributed by atoms with van der Waals surface area (Å²) in [4.78, 5) is 0. The van der Waals surface area contributed by atoms with E-state index in [0.29, 0.717) is 0 Å². The van der Waals surface area contributed by atoms with Gasteiger partial charge in [-0.2, -0.15) is 22.3 Å². The van der Waals surface area contributed by atoms with Crippen molar-refractivity contribution in [2.45, 2.75) is 6.92 Å². The van der Waals surface area contributed by atoms with Gasteiger partial charge in [-0.15, -0.1) is 0 Å². The van der Waals surface area contributed by atoms with Gasteiger partial charge in [-0.3, -0.25) is 0 Å². The Morgan fingerprint density at radius 1 is 1.18 bits per heavy atom. The van der Waals surface area contributed by atoms with Gasteiger partial charge in [0.15, 0.2) is 0 Å². The second kappa shape index (κ2) is 30.0. The van der Waals surface area contributed by atoms with Gasteiger partial charge in [0.2, 0.25) is 0 Å². The molecule has 6 heteroatoms. The predicted octanol–water partition coefficient (Wildman–Crippen LogP) is 1.09. The number of rotatable bonds is 0. The molecule has 1 N–H and O–H groups in total. The third-order valence-corrected chi connectivity index (χ3v) is 0.331. The molecule has 0 amide bonds. The maximum absolute atomic E-state index is 3.49. The number of hydrogen-bond acceptors (Lipinski definition) is 2. The van der Waals surface area contributed by atoms with Crippen molar-refractivity contribution in [2.24, 2.45) is 0 Å². The van der Waals surface area contributed by atoms with Crippen LogP contribution in [0.3, 0.4) is 0 Å². The number of H-pyrrole nitrogens is 1. The van der Waals surface area contributed by atoms with Crippen LogP contribution in [0.25, 0.3) is 0 Å². The molecule has 1 aromatic rings. The molecule has 0 aromatic carbocycles. The van der Waals surface area contributed by atoms with Gasteiger partial charge >= 0.3 is 0 Å². The topological polar surface area (TPSA) is 41.6 Å². The van der Waals surface area contributed by atoms with Gasteiger partial charge in [0.05, 0.1) is 12.4 Å². The van der Waals surface area contributed by atoms with E-state index in [9.17, 15) is 0 Å². The fraction of sp³-hybridized carbons (Fsp3) is 0.200. The van der Waals surface area contributed by atoms with Crippen LogP contribution in [-0.4, -0.2) is 15.4 Å². The Morgan fingerprint density at radius 3 is 1.55 bits per heavy atom. The van der Waals surface area contributed by atoms with Gasteiger partial charge in [0.1, 0.15) is 0 Å². The Kier molecular flexibility index (Phi) is 80.1. The first kappa shape index (κ1) is 29.4. The summed E-state index contributed by atoms with van der Waals surface area (Å²) in [6.45, 7) is 5.00. The molecule has 62 valence electrons. The Hall–Kier alpha value is 1.52. The SMILES string of the molecule is [CH2-]C.[CH3-].[V].[W].[Y].c1cn[nH]n1. The van der Waals surface area contributed by atoms with E-state index in [2.05, 4.69) is 22.3 Å². The van der Waals surface area contributed by atoms with Crippen LogP contribution >= 0.6 is 0 Å². The number of aromatic nitrogens is 3. The second-order valence-corrected chi connectivity index (χ2v) is 0.656. The minimum atomic E-state index is 0. The average molecular weight is 437 g/mol. The van der Waals surface area contributed by atoms with Crippen LogP contribution in [0.2, 0.25) is 0 Å². The van der Waals surface area contributed by atoms with Crippen LogP contribution in [0.15, 0.2) is 12.4 Å². The first-order valence-corrected chi connectivity index (χ1v) is 2.00. The van der Waals surface area contributed by atoms with Crippen molar-refractivity contribution < 1.29 is 72.3 Å². The molecule has 0 aliphatic heterocycles. The third kappa shape index (κ3) is 24.6. The zero-order valence-electron chi connectivity index (χ0n) is 6.69. The van der Waals surface area contributed by atoms with E-state index in [-0.39, 0.29) is 79.8 Å². The summed E-state index contributed by atoms with van der Waals surface area (Å²) in [5.41, 5.74) is 0. The largest absolute Gasteiger partial charge is 0.358 e. The molecule has 0 bridgehead atoms. The Labute approximate surface area is 120 Å². The minimum absolute atomic E-state index is 0. The van der Waals surface area contributed by atoms with E-state index in [1.807, 2.05) is 0 Å². The summed E-state index contributed by atoms with van der Waals surface area (Å²) < 4.78 is 0. The van der Waals surface area contributed by atoms with E-state index >= 15 is 0 Å². The summed E-state index contributed by atoms with van der Waals surface area (Å²) in [6.07, 6.45) is 3.17. The second-order valence-electron chi connectivity index (χ2n) is 0.656. The fourth-order valence-electron chi connectivity index (χ4n) is 0.167. The molecule has 0 spiro atoms. The first-order chi connectivity index (χ1) is 3.50. The maximum Gasteiger partial charge on any atom is 0.0690 e. The molecule has 0 aliphatic carbocycles. The van der Waals surface area contributed by atoms with Gasteiger partial charge in [-0.25, -0.2) is 0 Å². The Morgan fingerprint density at radius 2 is 1.45 bits per heavy atom. The molecule has 1 rings (SSSR count). The molecular formula is C5H11N3VWY-2. The molecule has 0 aliphatic rings. The van der Waals surface area contributed by atoms with Crippen LogP contribution in [0.1, 0.15) is 6.92 Å². The summed E-state index contributed by atoms with van der Waals surface area (Å²) in [7, 11) is 0. The molecule has 11 heavy (non-hydrogen) atoms. The normalized spacial score (nSPS) is 4.18. The number of nitrogens with one attached hydrogen (secondary N) is 1. The van der Waals surface area contributed by atoms with Crippen LogP contribution < -0.4 is 0 Å². The van der Waals surface area contributed by atoms with Crippen molar-refractivity contribution >= 4 is 0 Å². The quantitative estimate of drug-likeness (QED) is 0.619. The molecule has 0 atom stereocenters. The Bertz CT molecular complexity index is 78.2. The smallest absolute Gasteiger partial charge is 0.0690 e. The van der Waals surface area contributed by atoms with Gasteiger partial charge in [-0.05, 0) is 0 Å². The zero-order chi connectivity index (χ0) is 5.54. The molecule has 0 unspecified atom stereocenters. The monoisotopic (exact) mass is 437 g/mol. The van der Waals surface area contributed by atoms with Crippen LogP contribution in [0.4, 0.5) is 0 Å². The molecule has 1 aromatic heterocycles. The van der Waals surface area contributed by atoms with Crippen LogP contribution in [-0.2, 0) is 72.3 Å². The summed E-state index contributed by atoms with van der Waals surface area (Å²) in [5, 5.41) is 9.33. The summed E-state index contributed by atoms with van der Waals surface area (Å²) >= 11 is 0. The van der Waals surface area contributed by atoms with Gasteiger partial charge in [0, 0.05) is 72.3 Å². The average Bonchev–Trinajstić information content (AvgIpc) is 2.23. The predicted molar refractivity (Wildman–Crippen MR) is 33.8 cm³/mol. The fourth-order valence-corrected chi connectivity index (χ4v) is 0.167. The standard InChI is InChI=1S/C2H3N3.C2H5.CH3.V.W.Y/c1-2-4-5-3-1;1-2;;;;/h1-2H,(H,3,4,5);1H2,2H3;1H3;;;/q;2*-1;;;. The van der Waals surface area contributed by atoms with Gasteiger partial charge in [-0.1, -0.05) is 0 Å². The maximum atomic E-state index is 3.49. The van der Waals surface area contributed by atoms with Crippen molar-refractivity contribution in [3.8, 4) is 0 Å². The van der Waals surface area contributed by atoms with Crippen LogP contribution in [0, 0.1) is 14.4 Å².